The lowest BCUT2D eigenvalue weighted by Gasteiger charge is -2.14. The second-order valence-corrected chi connectivity index (χ2v) is 7.09. The Morgan fingerprint density at radius 2 is 1.80 bits per heavy atom. The summed E-state index contributed by atoms with van der Waals surface area (Å²) in [6, 6.07) is 7.45. The molecule has 3 aliphatic heterocycles. The zero-order chi connectivity index (χ0) is 17.1. The average Bonchev–Trinajstić information content (AvgIpc) is 3.35. The van der Waals surface area contributed by atoms with E-state index in [9.17, 15) is 9.59 Å². The Hall–Kier alpha value is -2.25. The Kier molecular flexibility index (Phi) is 3.23. The van der Waals surface area contributed by atoms with E-state index in [4.69, 9.17) is 16.3 Å². The Balaban J connectivity index is 1.41. The van der Waals surface area contributed by atoms with Gasteiger partial charge >= 0.3 is 0 Å². The highest BCUT2D eigenvalue weighted by molar-refractivity contribution is 6.31. The highest BCUT2D eigenvalue weighted by atomic mass is 35.5. The van der Waals surface area contributed by atoms with Crippen LogP contribution >= 0.6 is 11.6 Å². The fourth-order valence-electron chi connectivity index (χ4n) is 4.17. The molecule has 5 rings (SSSR count). The molecule has 2 bridgehead atoms. The molecule has 3 aliphatic rings. The van der Waals surface area contributed by atoms with Crippen molar-refractivity contribution in [2.24, 2.45) is 11.8 Å². The quantitative estimate of drug-likeness (QED) is 0.780. The Labute approximate surface area is 148 Å². The summed E-state index contributed by atoms with van der Waals surface area (Å²) in [5, 5.41) is 4.95. The van der Waals surface area contributed by atoms with E-state index < -0.39 is 0 Å². The molecule has 0 radical (unpaired) electrons. The minimum Gasteiger partial charge on any atom is -0.373 e. The predicted octanol–water partition coefficient (Wildman–Crippen LogP) is 1.65. The van der Waals surface area contributed by atoms with Gasteiger partial charge in [-0.15, -0.1) is 5.10 Å². The van der Waals surface area contributed by atoms with Crippen molar-refractivity contribution in [1.29, 1.82) is 0 Å². The van der Waals surface area contributed by atoms with E-state index in [1.165, 1.54) is 6.33 Å². The molecule has 0 N–H and O–H groups in total. The van der Waals surface area contributed by atoms with Gasteiger partial charge in [-0.05, 0) is 24.5 Å². The minimum absolute atomic E-state index is 0.135. The first-order valence-corrected chi connectivity index (χ1v) is 8.67. The van der Waals surface area contributed by atoms with Crippen LogP contribution in [0.25, 0.3) is 0 Å². The molecule has 3 saturated heterocycles. The van der Waals surface area contributed by atoms with Gasteiger partial charge < -0.3 is 4.74 Å². The topological polar surface area (TPSA) is 77.3 Å². The average molecular weight is 359 g/mol. The molecule has 128 valence electrons. The number of rotatable bonds is 3. The smallest absolute Gasteiger partial charge is 0.258 e. The number of anilines is 1. The lowest BCUT2D eigenvalue weighted by molar-refractivity contribution is -0.124. The zero-order valence-electron chi connectivity index (χ0n) is 13.2. The van der Waals surface area contributed by atoms with Crippen LogP contribution in [-0.2, 0) is 20.9 Å². The maximum Gasteiger partial charge on any atom is 0.258 e. The third-order valence-electron chi connectivity index (χ3n) is 5.30. The van der Waals surface area contributed by atoms with Crippen molar-refractivity contribution in [2.75, 3.05) is 4.90 Å². The fourth-order valence-corrected chi connectivity index (χ4v) is 4.37. The molecule has 0 spiro atoms. The molecule has 1 aromatic heterocycles. The van der Waals surface area contributed by atoms with Gasteiger partial charge in [-0.1, -0.05) is 29.8 Å². The van der Waals surface area contributed by atoms with E-state index >= 15 is 0 Å². The lowest BCUT2D eigenvalue weighted by Crippen LogP contribution is -2.35. The van der Waals surface area contributed by atoms with E-state index in [2.05, 4.69) is 10.1 Å². The van der Waals surface area contributed by atoms with Gasteiger partial charge in [0.15, 0.2) is 0 Å². The van der Waals surface area contributed by atoms with Gasteiger partial charge in [-0.25, -0.2) is 9.58 Å². The van der Waals surface area contributed by atoms with Crippen molar-refractivity contribution < 1.29 is 14.3 Å². The van der Waals surface area contributed by atoms with Crippen molar-refractivity contribution in [2.45, 2.75) is 31.6 Å². The SMILES string of the molecule is O=C1[C@H]2[C@H](C(=O)N1c1ncn(Cc3ccccc3Cl)n1)[C@H]1CC[C@H]2O1. The number of halogens is 1. The number of carbonyl (C=O) groups excluding carboxylic acids is 2. The predicted molar refractivity (Wildman–Crippen MR) is 87.9 cm³/mol. The molecule has 1 aromatic carbocycles. The normalized spacial score (nSPS) is 30.4. The van der Waals surface area contributed by atoms with Gasteiger partial charge in [0.25, 0.3) is 5.95 Å². The number of aromatic nitrogens is 3. The second kappa shape index (κ2) is 5.37. The highest BCUT2D eigenvalue weighted by Crippen LogP contribution is 2.48. The molecule has 0 unspecified atom stereocenters. The molecule has 7 nitrogen and oxygen atoms in total. The molecule has 2 aromatic rings. The number of amides is 2. The first-order chi connectivity index (χ1) is 12.1. The third-order valence-corrected chi connectivity index (χ3v) is 5.67. The van der Waals surface area contributed by atoms with Crippen LogP contribution in [0.5, 0.6) is 0 Å². The van der Waals surface area contributed by atoms with E-state index in [0.717, 1.165) is 23.3 Å². The molecule has 4 heterocycles. The number of imide groups is 1. The summed E-state index contributed by atoms with van der Waals surface area (Å²) >= 11 is 6.16. The van der Waals surface area contributed by atoms with Gasteiger partial charge in [0.2, 0.25) is 11.8 Å². The second-order valence-electron chi connectivity index (χ2n) is 6.69. The van der Waals surface area contributed by atoms with Crippen LogP contribution < -0.4 is 4.90 Å². The molecule has 0 aliphatic carbocycles. The Bertz CT molecular complexity index is 854. The largest absolute Gasteiger partial charge is 0.373 e. The number of fused-ring (bicyclic) bond motifs is 5. The van der Waals surface area contributed by atoms with Gasteiger partial charge in [-0.2, -0.15) is 4.98 Å². The fraction of sp³-hybridized carbons (Fsp3) is 0.412. The maximum absolute atomic E-state index is 12.7. The molecule has 0 saturated carbocycles. The third kappa shape index (κ3) is 2.15. The van der Waals surface area contributed by atoms with Crippen LogP contribution in [0.4, 0.5) is 5.95 Å². The summed E-state index contributed by atoms with van der Waals surface area (Å²) in [6.45, 7) is 0.421. The number of ether oxygens (including phenoxy) is 1. The molecule has 2 amide bonds. The minimum atomic E-state index is -0.373. The van der Waals surface area contributed by atoms with Gasteiger partial charge in [0.05, 0.1) is 30.6 Å². The monoisotopic (exact) mass is 358 g/mol. The summed E-state index contributed by atoms with van der Waals surface area (Å²) in [6.07, 6.45) is 2.92. The molecule has 25 heavy (non-hydrogen) atoms. The number of hydrogen-bond acceptors (Lipinski definition) is 5. The van der Waals surface area contributed by atoms with Crippen LogP contribution in [-0.4, -0.2) is 38.8 Å². The van der Waals surface area contributed by atoms with Crippen molar-refractivity contribution in [3.05, 3.63) is 41.2 Å². The molecule has 3 fully saturated rings. The molecular formula is C17H15ClN4O3. The standard InChI is InChI=1S/C17H15ClN4O3/c18-10-4-2-1-3-9(10)7-21-8-19-17(20-21)22-15(23)13-11-5-6-12(25-11)14(13)16(22)24/h1-4,8,11-14H,5-7H2/t11-,12-,13-,14-/m1/s1. The van der Waals surface area contributed by atoms with E-state index in [1.807, 2.05) is 18.2 Å². The van der Waals surface area contributed by atoms with Crippen LogP contribution in [0.2, 0.25) is 5.02 Å². The molecule has 4 atom stereocenters. The first-order valence-electron chi connectivity index (χ1n) is 8.29. The highest BCUT2D eigenvalue weighted by Gasteiger charge is 2.63. The van der Waals surface area contributed by atoms with Crippen molar-refractivity contribution >= 4 is 29.4 Å². The Morgan fingerprint density at radius 3 is 2.48 bits per heavy atom. The Morgan fingerprint density at radius 1 is 1.12 bits per heavy atom. The number of benzene rings is 1. The van der Waals surface area contributed by atoms with Gasteiger partial charge in [-0.3, -0.25) is 9.59 Å². The van der Waals surface area contributed by atoms with Crippen LogP contribution in [0, 0.1) is 11.8 Å². The summed E-state index contributed by atoms with van der Waals surface area (Å²) in [5.41, 5.74) is 0.892. The first kappa shape index (κ1) is 15.0. The summed E-state index contributed by atoms with van der Waals surface area (Å²) in [5.74, 6) is -1.09. The van der Waals surface area contributed by atoms with Crippen LogP contribution in [0.1, 0.15) is 18.4 Å². The molecule has 8 heteroatoms. The number of nitrogens with zero attached hydrogens (tertiary/aromatic N) is 4. The summed E-state index contributed by atoms with van der Waals surface area (Å²) < 4.78 is 7.31. The van der Waals surface area contributed by atoms with Crippen molar-refractivity contribution in [3.8, 4) is 0 Å². The van der Waals surface area contributed by atoms with Crippen molar-refractivity contribution in [3.63, 3.8) is 0 Å². The van der Waals surface area contributed by atoms with Crippen LogP contribution in [0.3, 0.4) is 0 Å². The van der Waals surface area contributed by atoms with E-state index in [-0.39, 0.29) is 41.8 Å². The van der Waals surface area contributed by atoms with Gasteiger partial charge in [0, 0.05) is 5.02 Å². The number of hydrogen-bond donors (Lipinski definition) is 0. The lowest BCUT2D eigenvalue weighted by atomic mass is 9.81. The van der Waals surface area contributed by atoms with Crippen molar-refractivity contribution in [1.82, 2.24) is 14.8 Å². The molecular weight excluding hydrogens is 344 g/mol. The van der Waals surface area contributed by atoms with Crippen LogP contribution in [0.15, 0.2) is 30.6 Å². The zero-order valence-corrected chi connectivity index (χ0v) is 14.0. The summed E-state index contributed by atoms with van der Waals surface area (Å²) in [7, 11) is 0. The summed E-state index contributed by atoms with van der Waals surface area (Å²) in [4.78, 5) is 30.8. The number of carbonyl (C=O) groups is 2. The van der Waals surface area contributed by atoms with E-state index in [1.54, 1.807) is 10.7 Å². The maximum atomic E-state index is 12.7. The van der Waals surface area contributed by atoms with E-state index in [0.29, 0.717) is 11.6 Å². The van der Waals surface area contributed by atoms with Gasteiger partial charge in [0.1, 0.15) is 6.33 Å².